The average molecular weight is 324 g/mol. The monoisotopic (exact) mass is 324 g/mol. The van der Waals surface area contributed by atoms with Crippen LogP contribution in [-0.2, 0) is 14.3 Å². The Morgan fingerprint density at radius 3 is 2.65 bits per heavy atom. The van der Waals surface area contributed by atoms with E-state index < -0.39 is 0 Å². The van der Waals surface area contributed by atoms with Crippen molar-refractivity contribution in [3.8, 4) is 0 Å². The SMILES string of the molecule is CCOC1CC(N(C)C(=O)[C@@H]2CC[C@H](CN)O2)C12CCCCC2. The van der Waals surface area contributed by atoms with Gasteiger partial charge < -0.3 is 20.1 Å². The zero-order valence-electron chi connectivity index (χ0n) is 14.6. The van der Waals surface area contributed by atoms with Gasteiger partial charge in [-0.2, -0.15) is 0 Å². The molecule has 1 saturated heterocycles. The number of carbonyl (C=O) groups excluding carboxylic acids is 1. The van der Waals surface area contributed by atoms with Gasteiger partial charge in [-0.25, -0.2) is 0 Å². The molecule has 1 amide bonds. The molecule has 2 aliphatic carbocycles. The Morgan fingerprint density at radius 2 is 2.04 bits per heavy atom. The Labute approximate surface area is 139 Å². The molecule has 2 unspecified atom stereocenters. The van der Waals surface area contributed by atoms with Crippen LogP contribution in [-0.4, -0.2) is 55.4 Å². The summed E-state index contributed by atoms with van der Waals surface area (Å²) in [6, 6.07) is 0.312. The fraction of sp³-hybridized carbons (Fsp3) is 0.944. The standard InChI is InChI=1S/C18H32N2O3/c1-3-22-16-11-15(18(16)9-5-4-6-10-18)20(2)17(21)14-8-7-13(12-19)23-14/h13-16H,3-12,19H2,1-2H3/t13-,14+,15?,16?/m1/s1. The third-order valence-corrected chi connectivity index (χ3v) is 6.36. The van der Waals surface area contributed by atoms with E-state index in [9.17, 15) is 4.79 Å². The van der Waals surface area contributed by atoms with Crippen molar-refractivity contribution >= 4 is 5.91 Å². The molecule has 132 valence electrons. The van der Waals surface area contributed by atoms with Gasteiger partial charge in [0, 0.05) is 31.7 Å². The first-order chi connectivity index (χ1) is 11.1. The van der Waals surface area contributed by atoms with E-state index in [4.69, 9.17) is 15.2 Å². The molecular weight excluding hydrogens is 292 g/mol. The van der Waals surface area contributed by atoms with Crippen molar-refractivity contribution in [3.05, 3.63) is 0 Å². The van der Waals surface area contributed by atoms with Crippen LogP contribution in [0.1, 0.15) is 58.3 Å². The lowest BCUT2D eigenvalue weighted by atomic mass is 9.54. The van der Waals surface area contributed by atoms with E-state index in [0.717, 1.165) is 25.9 Å². The predicted octanol–water partition coefficient (Wildman–Crippen LogP) is 2.08. The molecule has 0 aromatic heterocycles. The molecule has 1 aliphatic heterocycles. The van der Waals surface area contributed by atoms with Crippen LogP contribution in [0.4, 0.5) is 0 Å². The fourth-order valence-electron chi connectivity index (χ4n) is 5.01. The number of nitrogens with two attached hydrogens (primary N) is 1. The third kappa shape index (κ3) is 3.03. The van der Waals surface area contributed by atoms with Gasteiger partial charge in [0.05, 0.1) is 12.2 Å². The maximum atomic E-state index is 12.9. The number of nitrogens with zero attached hydrogens (tertiary/aromatic N) is 1. The Bertz CT molecular complexity index is 422. The maximum Gasteiger partial charge on any atom is 0.251 e. The molecule has 3 rings (SSSR count). The number of carbonyl (C=O) groups is 1. The Balaban J connectivity index is 1.66. The van der Waals surface area contributed by atoms with Crippen molar-refractivity contribution < 1.29 is 14.3 Å². The van der Waals surface area contributed by atoms with Crippen molar-refractivity contribution in [2.45, 2.75) is 82.6 Å². The quantitative estimate of drug-likeness (QED) is 0.841. The maximum absolute atomic E-state index is 12.9. The summed E-state index contributed by atoms with van der Waals surface area (Å²) >= 11 is 0. The number of hydrogen-bond acceptors (Lipinski definition) is 4. The molecule has 0 radical (unpaired) electrons. The number of amides is 1. The molecule has 23 heavy (non-hydrogen) atoms. The molecule has 3 fully saturated rings. The summed E-state index contributed by atoms with van der Waals surface area (Å²) in [6.45, 7) is 3.34. The smallest absolute Gasteiger partial charge is 0.251 e. The fourth-order valence-corrected chi connectivity index (χ4v) is 5.01. The molecule has 5 heteroatoms. The van der Waals surface area contributed by atoms with Crippen molar-refractivity contribution in [2.75, 3.05) is 20.2 Å². The van der Waals surface area contributed by atoms with Crippen LogP contribution in [0, 0.1) is 5.41 Å². The molecule has 2 saturated carbocycles. The van der Waals surface area contributed by atoms with Gasteiger partial charge in [-0.1, -0.05) is 19.3 Å². The van der Waals surface area contributed by atoms with E-state index in [-0.39, 0.29) is 23.5 Å². The van der Waals surface area contributed by atoms with Crippen LogP contribution in [0.2, 0.25) is 0 Å². The van der Waals surface area contributed by atoms with Gasteiger partial charge >= 0.3 is 0 Å². The number of ether oxygens (including phenoxy) is 2. The van der Waals surface area contributed by atoms with Gasteiger partial charge in [-0.05, 0) is 39.0 Å². The highest BCUT2D eigenvalue weighted by atomic mass is 16.5. The van der Waals surface area contributed by atoms with Crippen molar-refractivity contribution in [3.63, 3.8) is 0 Å². The highest BCUT2D eigenvalue weighted by Crippen LogP contribution is 2.55. The highest BCUT2D eigenvalue weighted by molar-refractivity contribution is 5.81. The van der Waals surface area contributed by atoms with Gasteiger partial charge in [-0.3, -0.25) is 4.79 Å². The van der Waals surface area contributed by atoms with Crippen LogP contribution in [0.25, 0.3) is 0 Å². The zero-order valence-corrected chi connectivity index (χ0v) is 14.6. The first-order valence-electron chi connectivity index (χ1n) is 9.36. The van der Waals surface area contributed by atoms with Gasteiger partial charge in [0.25, 0.3) is 5.91 Å². The summed E-state index contributed by atoms with van der Waals surface area (Å²) < 4.78 is 11.8. The Hall–Kier alpha value is -0.650. The van der Waals surface area contributed by atoms with E-state index in [2.05, 4.69) is 6.92 Å². The van der Waals surface area contributed by atoms with Crippen LogP contribution >= 0.6 is 0 Å². The molecule has 3 aliphatic rings. The van der Waals surface area contributed by atoms with E-state index >= 15 is 0 Å². The summed E-state index contributed by atoms with van der Waals surface area (Å²) in [5.41, 5.74) is 5.85. The lowest BCUT2D eigenvalue weighted by molar-refractivity contribution is -0.189. The number of rotatable bonds is 5. The minimum absolute atomic E-state index is 0.0542. The van der Waals surface area contributed by atoms with E-state index in [1.807, 2.05) is 11.9 Å². The molecule has 0 aromatic rings. The van der Waals surface area contributed by atoms with Crippen LogP contribution < -0.4 is 5.73 Å². The second-order valence-electron chi connectivity index (χ2n) is 7.50. The lowest BCUT2D eigenvalue weighted by Gasteiger charge is -2.60. The molecule has 4 atom stereocenters. The summed E-state index contributed by atoms with van der Waals surface area (Å²) in [5.74, 6) is 0.144. The summed E-state index contributed by atoms with van der Waals surface area (Å²) in [4.78, 5) is 14.8. The third-order valence-electron chi connectivity index (χ3n) is 6.36. The second kappa shape index (κ2) is 7.08. The van der Waals surface area contributed by atoms with Crippen LogP contribution in [0.15, 0.2) is 0 Å². The first kappa shape index (κ1) is 17.2. The summed E-state index contributed by atoms with van der Waals surface area (Å²) in [5, 5.41) is 0. The molecule has 0 aromatic carbocycles. The van der Waals surface area contributed by atoms with Crippen molar-refractivity contribution in [2.24, 2.45) is 11.1 Å². The number of hydrogen-bond donors (Lipinski definition) is 1. The minimum Gasteiger partial charge on any atom is -0.378 e. The number of likely N-dealkylation sites (N-methyl/N-ethyl adjacent to an activating group) is 1. The molecule has 1 spiro atoms. The van der Waals surface area contributed by atoms with Gasteiger partial charge in [-0.15, -0.1) is 0 Å². The molecule has 5 nitrogen and oxygen atoms in total. The molecule has 2 N–H and O–H groups in total. The highest BCUT2D eigenvalue weighted by Gasteiger charge is 2.58. The second-order valence-corrected chi connectivity index (χ2v) is 7.50. The Kier molecular flexibility index (Phi) is 5.29. The lowest BCUT2D eigenvalue weighted by Crippen LogP contribution is -2.66. The van der Waals surface area contributed by atoms with Crippen LogP contribution in [0.5, 0.6) is 0 Å². The molecule has 0 bridgehead atoms. The summed E-state index contributed by atoms with van der Waals surface area (Å²) in [6.07, 6.45) is 8.99. The predicted molar refractivity (Wildman–Crippen MR) is 89.1 cm³/mol. The van der Waals surface area contributed by atoms with Crippen molar-refractivity contribution in [1.29, 1.82) is 0 Å². The first-order valence-corrected chi connectivity index (χ1v) is 9.36. The van der Waals surface area contributed by atoms with Gasteiger partial charge in [0.1, 0.15) is 6.10 Å². The van der Waals surface area contributed by atoms with Crippen LogP contribution in [0.3, 0.4) is 0 Å². The van der Waals surface area contributed by atoms with E-state index in [1.54, 1.807) is 0 Å². The normalized spacial score (nSPS) is 36.0. The van der Waals surface area contributed by atoms with Gasteiger partial charge in [0.15, 0.2) is 0 Å². The molecular formula is C18H32N2O3. The minimum atomic E-state index is -0.291. The topological polar surface area (TPSA) is 64.8 Å². The zero-order chi connectivity index (χ0) is 16.4. The van der Waals surface area contributed by atoms with Gasteiger partial charge in [0.2, 0.25) is 0 Å². The van der Waals surface area contributed by atoms with E-state index in [1.165, 1.54) is 32.1 Å². The van der Waals surface area contributed by atoms with Crippen molar-refractivity contribution in [1.82, 2.24) is 4.90 Å². The van der Waals surface area contributed by atoms with E-state index in [0.29, 0.717) is 18.7 Å². The molecule has 1 heterocycles. The summed E-state index contributed by atoms with van der Waals surface area (Å²) in [7, 11) is 1.96. The Morgan fingerprint density at radius 1 is 1.30 bits per heavy atom. The largest absolute Gasteiger partial charge is 0.378 e. The average Bonchev–Trinajstić information content (AvgIpc) is 3.07.